The smallest absolute Gasteiger partial charge is 0.307 e. The number of carbonyl (C=O) groups is 1. The molecule has 2 aromatic carbocycles. The zero-order chi connectivity index (χ0) is 20.4. The highest BCUT2D eigenvalue weighted by atomic mass is 16.5. The fraction of sp³-hybridized carbons (Fsp3) is 0.143. The lowest BCUT2D eigenvalue weighted by Gasteiger charge is -2.29. The number of aliphatic carboxylic acids is 1. The van der Waals surface area contributed by atoms with Crippen molar-refractivity contribution in [2.75, 3.05) is 6.61 Å². The average molecular weight is 390 g/mol. The number of benzene rings is 2. The molecule has 0 spiro atoms. The predicted octanol–water partition coefficient (Wildman–Crippen LogP) is 2.92. The molecule has 1 aliphatic rings. The van der Waals surface area contributed by atoms with E-state index in [9.17, 15) is 4.79 Å². The topological polar surface area (TPSA) is 131 Å². The van der Waals surface area contributed by atoms with Crippen LogP contribution in [0.25, 0.3) is 11.1 Å². The van der Waals surface area contributed by atoms with E-state index in [4.69, 9.17) is 25.7 Å². The fourth-order valence-corrected chi connectivity index (χ4v) is 3.43. The van der Waals surface area contributed by atoms with Crippen LogP contribution >= 0.6 is 0 Å². The molecule has 146 valence electrons. The minimum Gasteiger partial charge on any atom is -0.481 e. The summed E-state index contributed by atoms with van der Waals surface area (Å²) in [6.07, 6.45) is 4.81. The summed E-state index contributed by atoms with van der Waals surface area (Å²) in [6, 6.07) is 10.7. The van der Waals surface area contributed by atoms with E-state index < -0.39 is 5.97 Å². The highest BCUT2D eigenvalue weighted by molar-refractivity contribution is 5.71. The zero-order valence-corrected chi connectivity index (χ0v) is 15.3. The van der Waals surface area contributed by atoms with Crippen molar-refractivity contribution in [1.82, 2.24) is 9.97 Å². The Morgan fingerprint density at radius 1 is 1.10 bits per heavy atom. The molecule has 4 N–H and O–H groups in total. The van der Waals surface area contributed by atoms with Crippen LogP contribution in [0.5, 0.6) is 11.5 Å². The molecule has 0 bridgehead atoms. The lowest BCUT2D eigenvalue weighted by atomic mass is 9.86. The molecule has 1 aliphatic heterocycles. The number of carboxylic acid groups (broad SMARTS) is 1. The SMILES string of the molecule is N=C(N)OCC1c2cc(CC(=O)O)ccc2Oc2ccc(-c3cncnc3)cc21. The number of nitrogens with one attached hydrogen (secondary N) is 1. The molecular formula is C21H18N4O4. The van der Waals surface area contributed by atoms with Crippen molar-refractivity contribution >= 4 is 12.0 Å². The summed E-state index contributed by atoms with van der Waals surface area (Å²) in [5.41, 5.74) is 9.47. The van der Waals surface area contributed by atoms with E-state index in [0.717, 1.165) is 22.3 Å². The fourth-order valence-electron chi connectivity index (χ4n) is 3.43. The molecule has 1 atom stereocenters. The summed E-state index contributed by atoms with van der Waals surface area (Å²) < 4.78 is 11.4. The first-order valence-electron chi connectivity index (χ1n) is 8.90. The molecule has 1 aromatic heterocycles. The van der Waals surface area contributed by atoms with Crippen LogP contribution in [-0.2, 0) is 16.0 Å². The summed E-state index contributed by atoms with van der Waals surface area (Å²) in [5, 5.41) is 16.5. The standard InChI is InChI=1S/C21H18N4O4/c22-21(23)28-10-17-15-5-12(6-20(26)27)1-3-18(15)29-19-4-2-13(7-16(17)19)14-8-24-11-25-9-14/h1-5,7-9,11,17H,6,10H2,(H3,22,23)(H,26,27). The highest BCUT2D eigenvalue weighted by Gasteiger charge is 2.29. The molecule has 0 aliphatic carbocycles. The van der Waals surface area contributed by atoms with Crippen LogP contribution in [0.4, 0.5) is 0 Å². The van der Waals surface area contributed by atoms with Crippen LogP contribution in [0.15, 0.2) is 55.1 Å². The largest absolute Gasteiger partial charge is 0.481 e. The van der Waals surface area contributed by atoms with Gasteiger partial charge in [0.1, 0.15) is 24.4 Å². The lowest BCUT2D eigenvalue weighted by Crippen LogP contribution is -2.22. The molecule has 1 unspecified atom stereocenters. The Morgan fingerprint density at radius 3 is 2.48 bits per heavy atom. The number of ether oxygens (including phenoxy) is 2. The highest BCUT2D eigenvalue weighted by Crippen LogP contribution is 2.45. The Kier molecular flexibility index (Phi) is 4.82. The van der Waals surface area contributed by atoms with Crippen molar-refractivity contribution in [2.45, 2.75) is 12.3 Å². The molecule has 0 fully saturated rings. The quantitative estimate of drug-likeness (QED) is 0.451. The Bertz CT molecular complexity index is 1090. The Labute approximate surface area is 166 Å². The second kappa shape index (κ2) is 7.59. The second-order valence-electron chi connectivity index (χ2n) is 6.65. The number of amidine groups is 1. The minimum atomic E-state index is -0.912. The minimum absolute atomic E-state index is 0.0954. The number of carboxylic acids is 1. The third-order valence-corrected chi connectivity index (χ3v) is 4.71. The van der Waals surface area contributed by atoms with E-state index in [1.165, 1.54) is 6.33 Å². The summed E-state index contributed by atoms with van der Waals surface area (Å²) >= 11 is 0. The number of fused-ring (bicyclic) bond motifs is 2. The van der Waals surface area contributed by atoms with Crippen molar-refractivity contribution in [3.63, 3.8) is 0 Å². The molecule has 3 aromatic rings. The summed E-state index contributed by atoms with van der Waals surface area (Å²) in [7, 11) is 0. The van der Waals surface area contributed by atoms with Crippen LogP contribution in [-0.4, -0.2) is 33.7 Å². The molecule has 8 heteroatoms. The van der Waals surface area contributed by atoms with Gasteiger partial charge in [0.05, 0.1) is 12.3 Å². The van der Waals surface area contributed by atoms with E-state index in [2.05, 4.69) is 9.97 Å². The first kappa shape index (κ1) is 18.4. The van der Waals surface area contributed by atoms with Crippen LogP contribution in [0.1, 0.15) is 22.6 Å². The van der Waals surface area contributed by atoms with Crippen molar-refractivity contribution in [2.24, 2.45) is 5.73 Å². The van der Waals surface area contributed by atoms with Crippen molar-refractivity contribution in [3.8, 4) is 22.6 Å². The Hall–Kier alpha value is -3.94. The number of aromatic nitrogens is 2. The average Bonchev–Trinajstić information content (AvgIpc) is 2.71. The summed E-state index contributed by atoms with van der Waals surface area (Å²) in [6.45, 7) is 0.129. The van der Waals surface area contributed by atoms with Gasteiger partial charge < -0.3 is 20.3 Å². The van der Waals surface area contributed by atoms with Gasteiger partial charge >= 0.3 is 5.97 Å². The third kappa shape index (κ3) is 3.86. The van der Waals surface area contributed by atoms with Crippen LogP contribution in [0, 0.1) is 5.41 Å². The maximum Gasteiger partial charge on any atom is 0.307 e. The van der Waals surface area contributed by atoms with E-state index in [1.807, 2.05) is 18.2 Å². The predicted molar refractivity (Wildman–Crippen MR) is 105 cm³/mol. The maximum atomic E-state index is 11.1. The van der Waals surface area contributed by atoms with Gasteiger partial charge in [0.25, 0.3) is 6.02 Å². The second-order valence-corrected chi connectivity index (χ2v) is 6.65. The van der Waals surface area contributed by atoms with Gasteiger partial charge in [-0.3, -0.25) is 10.2 Å². The van der Waals surface area contributed by atoms with Gasteiger partial charge in [0.15, 0.2) is 0 Å². The van der Waals surface area contributed by atoms with Gasteiger partial charge in [-0.15, -0.1) is 0 Å². The third-order valence-electron chi connectivity index (χ3n) is 4.71. The summed E-state index contributed by atoms with van der Waals surface area (Å²) in [5.74, 6) is 0.0989. The molecule has 4 rings (SSSR count). The van der Waals surface area contributed by atoms with Crippen molar-refractivity contribution in [1.29, 1.82) is 5.41 Å². The van der Waals surface area contributed by atoms with E-state index >= 15 is 0 Å². The number of hydrogen-bond donors (Lipinski definition) is 3. The molecule has 8 nitrogen and oxygen atoms in total. The summed E-state index contributed by atoms with van der Waals surface area (Å²) in [4.78, 5) is 19.2. The molecule has 2 heterocycles. The number of hydrogen-bond acceptors (Lipinski definition) is 6. The van der Waals surface area contributed by atoms with E-state index in [0.29, 0.717) is 17.1 Å². The van der Waals surface area contributed by atoms with Crippen molar-refractivity contribution in [3.05, 3.63) is 71.8 Å². The van der Waals surface area contributed by atoms with Crippen LogP contribution in [0.2, 0.25) is 0 Å². The monoisotopic (exact) mass is 390 g/mol. The van der Waals surface area contributed by atoms with Gasteiger partial charge in [-0.25, -0.2) is 9.97 Å². The maximum absolute atomic E-state index is 11.1. The van der Waals surface area contributed by atoms with Gasteiger partial charge in [0.2, 0.25) is 0 Å². The lowest BCUT2D eigenvalue weighted by molar-refractivity contribution is -0.136. The van der Waals surface area contributed by atoms with Gasteiger partial charge in [-0.05, 0) is 29.3 Å². The number of nitrogens with two attached hydrogens (primary N) is 1. The molecular weight excluding hydrogens is 372 g/mol. The first-order valence-corrected chi connectivity index (χ1v) is 8.90. The molecule has 0 radical (unpaired) electrons. The molecule has 0 saturated heterocycles. The Balaban J connectivity index is 1.79. The first-order chi connectivity index (χ1) is 14.0. The molecule has 29 heavy (non-hydrogen) atoms. The van der Waals surface area contributed by atoms with Gasteiger partial charge in [0, 0.05) is 29.1 Å². The van der Waals surface area contributed by atoms with E-state index in [1.54, 1.807) is 30.6 Å². The normalized spacial score (nSPS) is 14.3. The molecule has 0 amide bonds. The van der Waals surface area contributed by atoms with E-state index in [-0.39, 0.29) is 25.0 Å². The van der Waals surface area contributed by atoms with Gasteiger partial charge in [-0.1, -0.05) is 18.2 Å². The number of nitrogens with zero attached hydrogens (tertiary/aromatic N) is 2. The van der Waals surface area contributed by atoms with Gasteiger partial charge in [-0.2, -0.15) is 0 Å². The zero-order valence-electron chi connectivity index (χ0n) is 15.3. The molecule has 0 saturated carbocycles. The van der Waals surface area contributed by atoms with Crippen molar-refractivity contribution < 1.29 is 19.4 Å². The Morgan fingerprint density at radius 2 is 1.79 bits per heavy atom. The van der Waals surface area contributed by atoms with Crippen LogP contribution < -0.4 is 10.5 Å². The number of rotatable bonds is 5. The van der Waals surface area contributed by atoms with Crippen LogP contribution in [0.3, 0.4) is 0 Å².